The highest BCUT2D eigenvalue weighted by molar-refractivity contribution is 5.27. The number of rotatable bonds is 7. The van der Waals surface area contributed by atoms with Crippen molar-refractivity contribution in [3.63, 3.8) is 0 Å². The number of fused-ring (bicyclic) bond motifs is 1. The molecule has 2 fully saturated rings. The second-order valence-corrected chi connectivity index (χ2v) is 10.1. The summed E-state index contributed by atoms with van der Waals surface area (Å²) in [5, 5.41) is 0. The van der Waals surface area contributed by atoms with Gasteiger partial charge in [0, 0.05) is 0 Å². The summed E-state index contributed by atoms with van der Waals surface area (Å²) in [6.07, 6.45) is 12.4. The zero-order valence-corrected chi connectivity index (χ0v) is 19.3. The lowest BCUT2D eigenvalue weighted by atomic mass is 9.63. The summed E-state index contributed by atoms with van der Waals surface area (Å²) in [6.45, 7) is 4.11. The second kappa shape index (κ2) is 10.3. The molecule has 2 aliphatic carbocycles. The van der Waals surface area contributed by atoms with Crippen LogP contribution in [0.25, 0.3) is 0 Å². The van der Waals surface area contributed by atoms with Crippen LogP contribution in [-0.4, -0.2) is 0 Å². The van der Waals surface area contributed by atoms with E-state index in [9.17, 15) is 8.78 Å². The predicted molar refractivity (Wildman–Crippen MR) is 125 cm³/mol. The number of benzene rings is 2. The minimum atomic E-state index is -0.634. The molecule has 0 saturated heterocycles. The van der Waals surface area contributed by atoms with Crippen LogP contribution in [0.4, 0.5) is 8.78 Å². The van der Waals surface area contributed by atoms with Crippen LogP contribution in [0.2, 0.25) is 0 Å². The largest absolute Gasteiger partial charge is 0.203 e. The van der Waals surface area contributed by atoms with Gasteiger partial charge in [-0.1, -0.05) is 63.1 Å². The first kappa shape index (κ1) is 22.5. The van der Waals surface area contributed by atoms with Gasteiger partial charge in [0.15, 0.2) is 11.6 Å². The van der Waals surface area contributed by atoms with Crippen molar-refractivity contribution in [3.8, 4) is 0 Å². The molecule has 0 heterocycles. The van der Waals surface area contributed by atoms with Gasteiger partial charge in [0.25, 0.3) is 0 Å². The standard InChI is InChI=1S/C29H38F2/c1-3-5-20-6-10-23(11-7-20)26-17-16-25-18-21(9-13-27(25)19-26)8-12-24-15-14-22(4-2)28(30)29(24)31/h6-7,10-11,14-15,21,25-27H,3-5,8-9,12-13,16-19H2,1-2H3. The van der Waals surface area contributed by atoms with Crippen molar-refractivity contribution >= 4 is 0 Å². The smallest absolute Gasteiger partial charge is 0.162 e. The highest BCUT2D eigenvalue weighted by atomic mass is 19.2. The van der Waals surface area contributed by atoms with Crippen molar-refractivity contribution in [1.29, 1.82) is 0 Å². The maximum atomic E-state index is 14.4. The quantitative estimate of drug-likeness (QED) is 0.418. The van der Waals surface area contributed by atoms with E-state index in [1.54, 1.807) is 12.1 Å². The lowest BCUT2D eigenvalue weighted by molar-refractivity contribution is 0.114. The van der Waals surface area contributed by atoms with Crippen molar-refractivity contribution in [3.05, 3.63) is 70.3 Å². The first-order valence-corrected chi connectivity index (χ1v) is 12.6. The van der Waals surface area contributed by atoms with E-state index in [-0.39, 0.29) is 0 Å². The lowest BCUT2D eigenvalue weighted by Gasteiger charge is -2.42. The summed E-state index contributed by atoms with van der Waals surface area (Å²) < 4.78 is 28.5. The molecule has 2 heteroatoms. The molecule has 2 aliphatic rings. The fraction of sp³-hybridized carbons (Fsp3) is 0.586. The Kier molecular flexibility index (Phi) is 7.46. The Hall–Kier alpha value is -1.70. The van der Waals surface area contributed by atoms with E-state index >= 15 is 0 Å². The van der Waals surface area contributed by atoms with Crippen LogP contribution >= 0.6 is 0 Å². The van der Waals surface area contributed by atoms with E-state index < -0.39 is 11.6 Å². The van der Waals surface area contributed by atoms with E-state index in [0.717, 1.165) is 24.2 Å². The van der Waals surface area contributed by atoms with Crippen LogP contribution in [0.15, 0.2) is 36.4 Å². The first-order valence-electron chi connectivity index (χ1n) is 12.6. The van der Waals surface area contributed by atoms with Crippen LogP contribution in [0.5, 0.6) is 0 Å². The molecule has 0 aromatic heterocycles. The number of hydrogen-bond acceptors (Lipinski definition) is 0. The highest BCUT2D eigenvalue weighted by Gasteiger charge is 2.35. The number of halogens is 2. The van der Waals surface area contributed by atoms with Gasteiger partial charge in [0.1, 0.15) is 0 Å². The van der Waals surface area contributed by atoms with Crippen LogP contribution in [0.3, 0.4) is 0 Å². The van der Waals surface area contributed by atoms with Gasteiger partial charge < -0.3 is 0 Å². The Morgan fingerprint density at radius 1 is 0.742 bits per heavy atom. The zero-order chi connectivity index (χ0) is 21.8. The van der Waals surface area contributed by atoms with Crippen molar-refractivity contribution in [2.75, 3.05) is 0 Å². The summed E-state index contributed by atoms with van der Waals surface area (Å²) in [6, 6.07) is 13.0. The molecule has 0 radical (unpaired) electrons. The number of aryl methyl sites for hydroxylation is 3. The molecule has 0 N–H and O–H groups in total. The Labute approximate surface area is 187 Å². The predicted octanol–water partition coefficient (Wildman–Crippen LogP) is 8.41. The van der Waals surface area contributed by atoms with Crippen LogP contribution in [-0.2, 0) is 19.3 Å². The minimum absolute atomic E-state index is 0.485. The fourth-order valence-corrected chi connectivity index (χ4v) is 6.25. The molecule has 4 unspecified atom stereocenters. The Morgan fingerprint density at radius 2 is 1.42 bits per heavy atom. The Balaban J connectivity index is 1.29. The molecule has 31 heavy (non-hydrogen) atoms. The van der Waals surface area contributed by atoms with E-state index in [1.165, 1.54) is 62.5 Å². The van der Waals surface area contributed by atoms with Gasteiger partial charge in [0.05, 0.1) is 0 Å². The monoisotopic (exact) mass is 424 g/mol. The topological polar surface area (TPSA) is 0 Å². The van der Waals surface area contributed by atoms with Gasteiger partial charge in [-0.2, -0.15) is 0 Å². The summed E-state index contributed by atoms with van der Waals surface area (Å²) in [4.78, 5) is 0. The van der Waals surface area contributed by atoms with Gasteiger partial charge in [-0.15, -0.1) is 0 Å². The third-order valence-electron chi connectivity index (χ3n) is 8.16. The van der Waals surface area contributed by atoms with Crippen molar-refractivity contribution in [2.45, 2.75) is 90.4 Å². The van der Waals surface area contributed by atoms with Gasteiger partial charge in [-0.25, -0.2) is 8.78 Å². The van der Waals surface area contributed by atoms with Crippen LogP contribution in [0, 0.1) is 29.4 Å². The minimum Gasteiger partial charge on any atom is -0.203 e. The molecule has 2 saturated carbocycles. The van der Waals surface area contributed by atoms with Gasteiger partial charge in [-0.3, -0.25) is 0 Å². The highest BCUT2D eigenvalue weighted by Crippen LogP contribution is 2.48. The average molecular weight is 425 g/mol. The molecule has 0 nitrogen and oxygen atoms in total. The SMILES string of the molecule is CCCc1ccc(C2CCC3CC(CCc4ccc(CC)c(F)c4F)CCC3C2)cc1. The Morgan fingerprint density at radius 3 is 2.16 bits per heavy atom. The van der Waals surface area contributed by atoms with E-state index in [4.69, 9.17) is 0 Å². The van der Waals surface area contributed by atoms with Crippen molar-refractivity contribution in [1.82, 2.24) is 0 Å². The van der Waals surface area contributed by atoms with Crippen molar-refractivity contribution < 1.29 is 8.78 Å². The molecule has 4 atom stereocenters. The van der Waals surface area contributed by atoms with Crippen molar-refractivity contribution in [2.24, 2.45) is 17.8 Å². The van der Waals surface area contributed by atoms with Crippen LogP contribution in [0.1, 0.15) is 93.4 Å². The summed E-state index contributed by atoms with van der Waals surface area (Å²) in [5.41, 5.74) is 4.04. The summed E-state index contributed by atoms with van der Waals surface area (Å²) in [7, 11) is 0. The van der Waals surface area contributed by atoms with Crippen LogP contribution < -0.4 is 0 Å². The van der Waals surface area contributed by atoms with E-state index in [0.29, 0.717) is 29.9 Å². The maximum Gasteiger partial charge on any atom is 0.162 e. The number of hydrogen-bond donors (Lipinski definition) is 0. The van der Waals surface area contributed by atoms with E-state index in [1.807, 2.05) is 6.92 Å². The third kappa shape index (κ3) is 5.21. The molecule has 0 aliphatic heterocycles. The first-order chi connectivity index (χ1) is 15.1. The van der Waals surface area contributed by atoms with E-state index in [2.05, 4.69) is 31.2 Å². The normalized spacial score (nSPS) is 25.9. The maximum absolute atomic E-state index is 14.4. The molecule has 2 aromatic rings. The average Bonchev–Trinajstić information content (AvgIpc) is 2.80. The molecule has 168 valence electrons. The molecule has 4 rings (SSSR count). The van der Waals surface area contributed by atoms with Gasteiger partial charge in [-0.05, 0) is 104 Å². The second-order valence-electron chi connectivity index (χ2n) is 10.1. The molecule has 0 bridgehead atoms. The molecule has 0 amide bonds. The summed E-state index contributed by atoms with van der Waals surface area (Å²) >= 11 is 0. The van der Waals surface area contributed by atoms with Gasteiger partial charge in [0.2, 0.25) is 0 Å². The zero-order valence-electron chi connectivity index (χ0n) is 19.3. The third-order valence-corrected chi connectivity index (χ3v) is 8.16. The molecule has 0 spiro atoms. The lowest BCUT2D eigenvalue weighted by Crippen LogP contribution is -2.30. The molecular weight excluding hydrogens is 386 g/mol. The molecule has 2 aromatic carbocycles. The fourth-order valence-electron chi connectivity index (χ4n) is 6.25. The summed E-state index contributed by atoms with van der Waals surface area (Å²) in [5.74, 6) is 1.83. The van der Waals surface area contributed by atoms with Gasteiger partial charge >= 0.3 is 0 Å². The Bertz CT molecular complexity index is 854. The molecular formula is C29H38F2.